The number of carbonyl (C=O) groups is 1. The molecule has 1 aliphatic heterocycles. The highest BCUT2D eigenvalue weighted by atomic mass is 16.5. The van der Waals surface area contributed by atoms with Crippen molar-refractivity contribution in [1.29, 1.82) is 0 Å². The minimum absolute atomic E-state index is 0.216. The lowest BCUT2D eigenvalue weighted by molar-refractivity contribution is -0.111. The predicted octanol–water partition coefficient (Wildman–Crippen LogP) is 4.99. The van der Waals surface area contributed by atoms with Crippen molar-refractivity contribution in [3.63, 3.8) is 0 Å². The topological polar surface area (TPSA) is 100 Å². The molecule has 0 aliphatic carbocycles. The molecule has 10 nitrogen and oxygen atoms in total. The van der Waals surface area contributed by atoms with Crippen LogP contribution in [0.3, 0.4) is 0 Å². The molecule has 1 fully saturated rings. The first-order chi connectivity index (χ1) is 19.8. The Kier molecular flexibility index (Phi) is 7.76. The molecule has 1 amide bonds. The van der Waals surface area contributed by atoms with E-state index < -0.39 is 0 Å². The zero-order valence-electron chi connectivity index (χ0n) is 24.0. The van der Waals surface area contributed by atoms with Gasteiger partial charge in [0.1, 0.15) is 17.9 Å². The smallest absolute Gasteiger partial charge is 0.247 e. The molecular weight excluding hydrogens is 516 g/mol. The number of piperazine rings is 1. The van der Waals surface area contributed by atoms with E-state index in [9.17, 15) is 4.79 Å². The van der Waals surface area contributed by atoms with Crippen molar-refractivity contribution in [2.45, 2.75) is 19.4 Å². The molecule has 5 rings (SSSR count). The van der Waals surface area contributed by atoms with Gasteiger partial charge in [-0.15, -0.1) is 6.58 Å². The van der Waals surface area contributed by atoms with Crippen LogP contribution in [0.1, 0.15) is 13.8 Å². The minimum Gasteiger partial charge on any atom is -0.494 e. The van der Waals surface area contributed by atoms with E-state index in [2.05, 4.69) is 68.6 Å². The van der Waals surface area contributed by atoms with Gasteiger partial charge < -0.3 is 20.3 Å². The van der Waals surface area contributed by atoms with Crippen LogP contribution in [0, 0.1) is 0 Å². The Morgan fingerprint density at radius 1 is 1.15 bits per heavy atom. The van der Waals surface area contributed by atoms with Gasteiger partial charge in [-0.2, -0.15) is 5.10 Å². The fraction of sp³-hybridized carbons (Fsp3) is 0.290. The van der Waals surface area contributed by atoms with E-state index in [1.54, 1.807) is 7.11 Å². The number of benzene rings is 2. The van der Waals surface area contributed by atoms with Crippen molar-refractivity contribution in [2.24, 2.45) is 7.05 Å². The van der Waals surface area contributed by atoms with E-state index >= 15 is 0 Å². The predicted molar refractivity (Wildman–Crippen MR) is 165 cm³/mol. The largest absolute Gasteiger partial charge is 0.494 e. The van der Waals surface area contributed by atoms with Crippen LogP contribution < -0.4 is 20.3 Å². The first kappa shape index (κ1) is 27.9. The lowest BCUT2D eigenvalue weighted by Gasteiger charge is -2.48. The highest BCUT2D eigenvalue weighted by Gasteiger charge is 2.35. The molecule has 0 saturated carbocycles. The van der Waals surface area contributed by atoms with Crippen molar-refractivity contribution < 1.29 is 9.53 Å². The molecule has 10 heteroatoms. The second kappa shape index (κ2) is 11.4. The summed E-state index contributed by atoms with van der Waals surface area (Å²) in [4.78, 5) is 26.1. The molecule has 0 bridgehead atoms. The molecule has 1 aliphatic rings. The molecule has 1 unspecified atom stereocenters. The quantitative estimate of drug-likeness (QED) is 0.221. The van der Waals surface area contributed by atoms with Crippen molar-refractivity contribution in [2.75, 3.05) is 48.8 Å². The van der Waals surface area contributed by atoms with Gasteiger partial charge in [0.25, 0.3) is 0 Å². The summed E-state index contributed by atoms with van der Waals surface area (Å²) in [5.74, 6) is 0.908. The Morgan fingerprint density at radius 3 is 2.71 bits per heavy atom. The molecule has 0 radical (unpaired) electrons. The molecule has 2 aromatic heterocycles. The van der Waals surface area contributed by atoms with Gasteiger partial charge in [-0.1, -0.05) is 31.7 Å². The van der Waals surface area contributed by atoms with Crippen LogP contribution in [0.5, 0.6) is 5.75 Å². The number of nitrogens with zero attached hydrogens (tertiary/aromatic N) is 6. The van der Waals surface area contributed by atoms with Crippen LogP contribution in [0.25, 0.3) is 22.2 Å². The van der Waals surface area contributed by atoms with Gasteiger partial charge in [0.05, 0.1) is 47.1 Å². The van der Waals surface area contributed by atoms with Crippen molar-refractivity contribution >= 4 is 39.7 Å². The van der Waals surface area contributed by atoms with Gasteiger partial charge >= 0.3 is 0 Å². The Morgan fingerprint density at radius 2 is 1.98 bits per heavy atom. The highest BCUT2D eigenvalue weighted by molar-refractivity contribution is 6.02. The van der Waals surface area contributed by atoms with E-state index in [1.165, 1.54) is 12.4 Å². The number of aromatic nitrogens is 4. The Labute approximate surface area is 240 Å². The van der Waals surface area contributed by atoms with Crippen molar-refractivity contribution in [3.8, 4) is 17.0 Å². The number of hydrogen-bond donors (Lipinski definition) is 2. The third kappa shape index (κ3) is 5.51. The number of hydrogen-bond acceptors (Lipinski definition) is 8. The van der Waals surface area contributed by atoms with Gasteiger partial charge in [-0.05, 0) is 31.7 Å². The Balaban J connectivity index is 1.50. The van der Waals surface area contributed by atoms with Crippen LogP contribution in [-0.4, -0.2) is 69.4 Å². The van der Waals surface area contributed by atoms with E-state index in [-0.39, 0.29) is 11.4 Å². The summed E-state index contributed by atoms with van der Waals surface area (Å²) in [7, 11) is 3.54. The average molecular weight is 553 g/mol. The van der Waals surface area contributed by atoms with Crippen molar-refractivity contribution in [3.05, 3.63) is 74.2 Å². The van der Waals surface area contributed by atoms with Crippen LogP contribution in [-0.2, 0) is 11.8 Å². The van der Waals surface area contributed by atoms with Gasteiger partial charge in [0.2, 0.25) is 5.91 Å². The summed E-state index contributed by atoms with van der Waals surface area (Å²) in [6, 6.07) is 11.8. The van der Waals surface area contributed by atoms with E-state index in [4.69, 9.17) is 4.74 Å². The van der Waals surface area contributed by atoms with Crippen LogP contribution >= 0.6 is 0 Å². The zero-order valence-corrected chi connectivity index (χ0v) is 24.0. The van der Waals surface area contributed by atoms with E-state index in [0.717, 1.165) is 47.5 Å². The number of rotatable bonds is 9. The fourth-order valence-corrected chi connectivity index (χ4v) is 5.39. The molecule has 2 aromatic carbocycles. The third-order valence-corrected chi connectivity index (χ3v) is 7.77. The highest BCUT2D eigenvalue weighted by Crippen LogP contribution is 2.40. The molecule has 1 atom stereocenters. The van der Waals surface area contributed by atoms with Crippen molar-refractivity contribution in [1.82, 2.24) is 24.6 Å². The summed E-state index contributed by atoms with van der Waals surface area (Å²) in [5, 5.41) is 11.7. The standard InChI is InChI=1S/C31H36N8O2/c1-7-30(40)36-24-15-25(28(41-6)17-27(24)38-12-13-39(9-3)31(4,8-2)19-38)35-29-16-23(32-20-33-29)21-10-11-22-18-34-37(5)26(22)14-21/h7-8,10-11,14-18,20H,1-2,9,12-13,19H2,3-6H3,(H,36,40)(H,32,33,35). The van der Waals surface area contributed by atoms with Crippen LogP contribution in [0.2, 0.25) is 0 Å². The molecular formula is C31H36N8O2. The van der Waals surface area contributed by atoms with Gasteiger partial charge in [-0.3, -0.25) is 14.4 Å². The van der Waals surface area contributed by atoms with Gasteiger partial charge in [0, 0.05) is 49.8 Å². The maximum absolute atomic E-state index is 12.5. The van der Waals surface area contributed by atoms with E-state index in [0.29, 0.717) is 29.5 Å². The summed E-state index contributed by atoms with van der Waals surface area (Å²) in [5.41, 5.74) is 4.67. The lowest BCUT2D eigenvalue weighted by Crippen LogP contribution is -2.59. The monoisotopic (exact) mass is 552 g/mol. The Bertz CT molecular complexity index is 1610. The number of methoxy groups -OCH3 is 1. The molecule has 3 heterocycles. The SMILES string of the molecule is C=CC(=O)Nc1cc(Nc2cc(-c3ccc4cnn(C)c4c3)ncn2)c(OC)cc1N1CCN(CC)C(C)(C=C)C1. The van der Waals surface area contributed by atoms with Gasteiger partial charge in [0.15, 0.2) is 0 Å². The molecule has 4 aromatic rings. The lowest BCUT2D eigenvalue weighted by atomic mass is 9.95. The number of nitrogens with one attached hydrogen (secondary N) is 2. The number of ether oxygens (including phenoxy) is 1. The molecule has 0 spiro atoms. The second-order valence-electron chi connectivity index (χ2n) is 10.3. The van der Waals surface area contributed by atoms with Gasteiger partial charge in [-0.25, -0.2) is 9.97 Å². The summed E-state index contributed by atoms with van der Waals surface area (Å²) in [6.45, 7) is 15.4. The number of anilines is 4. The third-order valence-electron chi connectivity index (χ3n) is 7.77. The number of carbonyl (C=O) groups excluding carboxylic acids is 1. The number of amides is 1. The number of likely N-dealkylation sites (N-methyl/N-ethyl adjacent to an activating group) is 1. The second-order valence-corrected chi connectivity index (χ2v) is 10.3. The van der Waals surface area contributed by atoms with Crippen LogP contribution in [0.4, 0.5) is 22.9 Å². The molecule has 2 N–H and O–H groups in total. The first-order valence-electron chi connectivity index (χ1n) is 13.6. The minimum atomic E-state index is -0.295. The molecule has 41 heavy (non-hydrogen) atoms. The fourth-order valence-electron chi connectivity index (χ4n) is 5.39. The number of fused-ring (bicyclic) bond motifs is 1. The molecule has 212 valence electrons. The van der Waals surface area contributed by atoms with E-state index in [1.807, 2.05) is 54.3 Å². The zero-order chi connectivity index (χ0) is 29.1. The maximum Gasteiger partial charge on any atom is 0.247 e. The summed E-state index contributed by atoms with van der Waals surface area (Å²) in [6.07, 6.45) is 6.62. The first-order valence-corrected chi connectivity index (χ1v) is 13.6. The maximum atomic E-state index is 12.5. The summed E-state index contributed by atoms with van der Waals surface area (Å²) < 4.78 is 7.66. The summed E-state index contributed by atoms with van der Waals surface area (Å²) >= 11 is 0. The molecule has 1 saturated heterocycles. The Hall–Kier alpha value is -4.70. The van der Waals surface area contributed by atoms with Crippen LogP contribution in [0.15, 0.2) is 74.2 Å². The number of aryl methyl sites for hydroxylation is 1. The average Bonchev–Trinajstić information content (AvgIpc) is 3.37. The normalized spacial score (nSPS) is 17.3.